The Kier molecular flexibility index (Phi) is 6.22. The number of furan rings is 3. The highest BCUT2D eigenvalue weighted by Gasteiger charge is 2.17. The lowest BCUT2D eigenvalue weighted by atomic mass is 9.98. The third-order valence-corrected chi connectivity index (χ3v) is 10.3. The van der Waals surface area contributed by atoms with Crippen LogP contribution in [0.15, 0.2) is 189 Å². The molecule has 4 heteroatoms. The van der Waals surface area contributed by atoms with Crippen molar-refractivity contribution in [1.82, 2.24) is 0 Å². The van der Waals surface area contributed by atoms with Gasteiger partial charge in [0.25, 0.3) is 0 Å². The van der Waals surface area contributed by atoms with Gasteiger partial charge in [-0.1, -0.05) is 91.0 Å². The highest BCUT2D eigenvalue weighted by atomic mass is 16.3. The quantitative estimate of drug-likeness (QED) is 0.183. The average Bonchev–Trinajstić information content (AvgIpc) is 3.89. The second kappa shape index (κ2) is 11.2. The first kappa shape index (κ1) is 28.8. The summed E-state index contributed by atoms with van der Waals surface area (Å²) >= 11 is 0. The molecule has 0 atom stereocenters. The fourth-order valence-corrected chi connectivity index (χ4v) is 7.78. The molecule has 0 N–H and O–H groups in total. The van der Waals surface area contributed by atoms with Crippen LogP contribution in [0, 0.1) is 0 Å². The van der Waals surface area contributed by atoms with E-state index in [1.807, 2.05) is 24.3 Å². The summed E-state index contributed by atoms with van der Waals surface area (Å²) in [5.74, 6) is 0. The molecule has 0 aliphatic carbocycles. The van der Waals surface area contributed by atoms with E-state index < -0.39 is 0 Å². The van der Waals surface area contributed by atoms with Gasteiger partial charge in [0.05, 0.1) is 0 Å². The number of anilines is 3. The summed E-state index contributed by atoms with van der Waals surface area (Å²) in [5, 5.41) is 6.55. The highest BCUT2D eigenvalue weighted by molar-refractivity contribution is 6.12. The topological polar surface area (TPSA) is 42.7 Å². The van der Waals surface area contributed by atoms with E-state index in [4.69, 9.17) is 13.3 Å². The number of rotatable bonds is 5. The van der Waals surface area contributed by atoms with Crippen molar-refractivity contribution in [2.75, 3.05) is 4.90 Å². The van der Waals surface area contributed by atoms with E-state index in [9.17, 15) is 0 Å². The van der Waals surface area contributed by atoms with Gasteiger partial charge in [0.15, 0.2) is 0 Å². The second-order valence-electron chi connectivity index (χ2n) is 13.3. The van der Waals surface area contributed by atoms with E-state index in [0.29, 0.717) is 0 Å². The van der Waals surface area contributed by atoms with Gasteiger partial charge >= 0.3 is 0 Å². The van der Waals surface area contributed by atoms with Crippen LogP contribution in [0.2, 0.25) is 0 Å². The van der Waals surface area contributed by atoms with Crippen molar-refractivity contribution in [3.05, 3.63) is 176 Å². The smallest absolute Gasteiger partial charge is 0.143 e. The predicted molar refractivity (Wildman–Crippen MR) is 214 cm³/mol. The third kappa shape index (κ3) is 4.48. The summed E-state index contributed by atoms with van der Waals surface area (Å²) in [6, 6.07) is 61.3. The normalized spacial score (nSPS) is 11.8. The maximum Gasteiger partial charge on any atom is 0.143 e. The zero-order chi connectivity index (χ0) is 34.2. The van der Waals surface area contributed by atoms with Gasteiger partial charge in [0, 0.05) is 54.9 Å². The molecule has 0 bridgehead atoms. The molecule has 4 nitrogen and oxygen atoms in total. The van der Waals surface area contributed by atoms with E-state index in [1.54, 1.807) is 0 Å². The largest absolute Gasteiger partial charge is 0.456 e. The molecular formula is C48H29NO3. The Bertz CT molecular complexity index is 3090. The summed E-state index contributed by atoms with van der Waals surface area (Å²) in [6.07, 6.45) is 0. The molecule has 3 heterocycles. The molecule has 8 aromatic carbocycles. The number of hydrogen-bond donors (Lipinski definition) is 0. The molecule has 0 aliphatic heterocycles. The molecule has 11 aromatic rings. The average molecular weight is 668 g/mol. The van der Waals surface area contributed by atoms with Gasteiger partial charge in [-0.3, -0.25) is 0 Å². The van der Waals surface area contributed by atoms with E-state index >= 15 is 0 Å². The first-order valence-corrected chi connectivity index (χ1v) is 17.5. The number of hydrogen-bond acceptors (Lipinski definition) is 4. The zero-order valence-electron chi connectivity index (χ0n) is 27.9. The fraction of sp³-hybridized carbons (Fsp3) is 0. The number of fused-ring (bicyclic) bond motifs is 9. The van der Waals surface area contributed by atoms with Crippen LogP contribution in [0.25, 0.3) is 88.1 Å². The summed E-state index contributed by atoms with van der Waals surface area (Å²) in [4.78, 5) is 2.28. The molecule has 0 spiro atoms. The molecule has 0 fully saturated rings. The molecule has 244 valence electrons. The van der Waals surface area contributed by atoms with Gasteiger partial charge in [-0.15, -0.1) is 0 Å². The molecule has 0 unspecified atom stereocenters. The molecule has 0 aliphatic rings. The molecule has 0 amide bonds. The zero-order valence-corrected chi connectivity index (χ0v) is 27.9. The van der Waals surface area contributed by atoms with Crippen molar-refractivity contribution >= 4 is 82.9 Å². The Morgan fingerprint density at radius 3 is 1.40 bits per heavy atom. The SMILES string of the molecule is c1ccc(N(c2ccccc2)c2ccc3oc4ccc(-c5ccc6oc7ccc(-c8cccc9c8oc8ccccc89)cc7c6c5)cc4c3c2)cc1. The second-order valence-corrected chi connectivity index (χ2v) is 13.3. The van der Waals surface area contributed by atoms with Gasteiger partial charge in [-0.2, -0.15) is 0 Å². The van der Waals surface area contributed by atoms with Gasteiger partial charge in [0.1, 0.15) is 33.5 Å². The number of nitrogens with zero attached hydrogens (tertiary/aromatic N) is 1. The lowest BCUT2D eigenvalue weighted by Crippen LogP contribution is -2.09. The lowest BCUT2D eigenvalue weighted by Gasteiger charge is -2.25. The maximum absolute atomic E-state index is 6.39. The number of benzene rings is 8. The van der Waals surface area contributed by atoms with E-state index in [2.05, 4.69) is 157 Å². The first-order chi connectivity index (χ1) is 25.7. The van der Waals surface area contributed by atoms with Crippen molar-refractivity contribution < 1.29 is 13.3 Å². The van der Waals surface area contributed by atoms with E-state index in [-0.39, 0.29) is 0 Å². The standard InChI is InChI=1S/C48H29NO3/c1-3-10-33(11-4-1)49(34-12-5-2-6-13-34)35-21-25-47-42(29-35)40-27-31(19-23-45(40)51-47)30-18-22-44-39(26-30)41-28-32(20-24-46(41)50-44)36-15-9-16-38-37-14-7-8-17-43(37)52-48(36)38/h1-29H. The molecule has 52 heavy (non-hydrogen) atoms. The molecular weight excluding hydrogens is 639 g/mol. The van der Waals surface area contributed by atoms with Gasteiger partial charge < -0.3 is 18.2 Å². The summed E-state index contributed by atoms with van der Waals surface area (Å²) < 4.78 is 19.1. The Morgan fingerprint density at radius 2 is 0.769 bits per heavy atom. The van der Waals surface area contributed by atoms with Crippen LogP contribution in [0.3, 0.4) is 0 Å². The Morgan fingerprint density at radius 1 is 0.288 bits per heavy atom. The third-order valence-electron chi connectivity index (χ3n) is 10.3. The molecule has 3 aromatic heterocycles. The molecule has 0 saturated heterocycles. The highest BCUT2D eigenvalue weighted by Crippen LogP contribution is 2.42. The van der Waals surface area contributed by atoms with Gasteiger partial charge in [-0.05, 0) is 102 Å². The van der Waals surface area contributed by atoms with E-state index in [1.165, 1.54) is 0 Å². The summed E-state index contributed by atoms with van der Waals surface area (Å²) in [6.45, 7) is 0. The van der Waals surface area contributed by atoms with Crippen molar-refractivity contribution in [2.24, 2.45) is 0 Å². The number of para-hydroxylation sites is 4. The fourth-order valence-electron chi connectivity index (χ4n) is 7.78. The first-order valence-electron chi connectivity index (χ1n) is 17.5. The molecule has 0 radical (unpaired) electrons. The summed E-state index contributed by atoms with van der Waals surface area (Å²) in [7, 11) is 0. The van der Waals surface area contributed by atoms with Crippen LogP contribution in [0.4, 0.5) is 17.1 Å². The summed E-state index contributed by atoms with van der Waals surface area (Å²) in [5.41, 5.74) is 12.9. The van der Waals surface area contributed by atoms with Crippen LogP contribution < -0.4 is 4.90 Å². The van der Waals surface area contributed by atoms with Crippen LogP contribution >= 0.6 is 0 Å². The minimum Gasteiger partial charge on any atom is -0.456 e. The predicted octanol–water partition coefficient (Wildman–Crippen LogP) is 14.2. The Hall–Kier alpha value is -7.04. The van der Waals surface area contributed by atoms with Crippen LogP contribution in [0.1, 0.15) is 0 Å². The van der Waals surface area contributed by atoms with Crippen molar-refractivity contribution in [3.63, 3.8) is 0 Å². The molecule has 11 rings (SSSR count). The van der Waals surface area contributed by atoms with E-state index in [0.717, 1.165) is 105 Å². The minimum atomic E-state index is 0.859. The Balaban J connectivity index is 1.03. The van der Waals surface area contributed by atoms with Crippen molar-refractivity contribution in [1.29, 1.82) is 0 Å². The van der Waals surface area contributed by atoms with Crippen molar-refractivity contribution in [2.45, 2.75) is 0 Å². The van der Waals surface area contributed by atoms with Gasteiger partial charge in [-0.25, -0.2) is 0 Å². The monoisotopic (exact) mass is 667 g/mol. The minimum absolute atomic E-state index is 0.859. The van der Waals surface area contributed by atoms with Crippen LogP contribution in [-0.2, 0) is 0 Å². The molecule has 0 saturated carbocycles. The lowest BCUT2D eigenvalue weighted by molar-refractivity contribution is 0.668. The maximum atomic E-state index is 6.39. The van der Waals surface area contributed by atoms with Crippen molar-refractivity contribution in [3.8, 4) is 22.3 Å². The van der Waals surface area contributed by atoms with Crippen LogP contribution in [0.5, 0.6) is 0 Å². The Labute approximate surface area is 298 Å². The van der Waals surface area contributed by atoms with Gasteiger partial charge in [0.2, 0.25) is 0 Å². The van der Waals surface area contributed by atoms with Crippen LogP contribution in [-0.4, -0.2) is 0 Å².